The van der Waals surface area contributed by atoms with Crippen LogP contribution in [0.15, 0.2) is 30.3 Å². The zero-order valence-electron chi connectivity index (χ0n) is 8.38. The Balaban J connectivity index is 2.75. The van der Waals surface area contributed by atoms with Crippen LogP contribution in [-0.4, -0.2) is 18.8 Å². The molecule has 0 saturated carbocycles. The van der Waals surface area contributed by atoms with Gasteiger partial charge in [-0.15, -0.1) is 0 Å². The van der Waals surface area contributed by atoms with Gasteiger partial charge in [0.15, 0.2) is 0 Å². The molecule has 0 amide bonds. The first-order chi connectivity index (χ1) is 6.61. The first kappa shape index (κ1) is 11.2. The van der Waals surface area contributed by atoms with Crippen molar-refractivity contribution in [2.75, 3.05) is 0 Å². The summed E-state index contributed by atoms with van der Waals surface area (Å²) in [6.45, 7) is 4.19. The molecule has 78 valence electrons. The van der Waals surface area contributed by atoms with Crippen molar-refractivity contribution >= 4 is 10.9 Å². The quantitative estimate of drug-likeness (QED) is 0.768. The van der Waals surface area contributed by atoms with E-state index in [0.717, 1.165) is 5.56 Å². The Morgan fingerprint density at radius 2 is 1.79 bits per heavy atom. The van der Waals surface area contributed by atoms with E-state index < -0.39 is 10.9 Å². The van der Waals surface area contributed by atoms with Gasteiger partial charge in [-0.1, -0.05) is 30.3 Å². The monoisotopic (exact) mass is 213 g/mol. The topological polar surface area (TPSA) is 37.4 Å². The third-order valence-electron chi connectivity index (χ3n) is 1.99. The molecule has 0 aromatic heterocycles. The van der Waals surface area contributed by atoms with Gasteiger partial charge in [-0.25, -0.2) is 8.42 Å². The van der Waals surface area contributed by atoms with Gasteiger partial charge < -0.3 is 0 Å². The molecule has 1 rings (SSSR count). The molecule has 0 aliphatic heterocycles. The van der Waals surface area contributed by atoms with Crippen LogP contribution in [0.2, 0.25) is 0 Å². The molecule has 1 aromatic rings. The van der Waals surface area contributed by atoms with Crippen molar-refractivity contribution in [1.29, 1.82) is 0 Å². The summed E-state index contributed by atoms with van der Waals surface area (Å²) in [7, 11) is -2.49. The van der Waals surface area contributed by atoms with Gasteiger partial charge in [0.05, 0.1) is 0 Å². The summed E-state index contributed by atoms with van der Waals surface area (Å²) in [5.41, 5.74) is 1.01. The number of nitrogens with zero attached hydrogens (tertiary/aromatic N) is 1. The Labute approximate surface area is 86.4 Å². The van der Waals surface area contributed by atoms with E-state index in [4.69, 9.17) is 0 Å². The third kappa shape index (κ3) is 3.12. The van der Waals surface area contributed by atoms with E-state index >= 15 is 0 Å². The zero-order valence-corrected chi connectivity index (χ0v) is 9.28. The van der Waals surface area contributed by atoms with Crippen molar-refractivity contribution in [2.24, 2.45) is 0 Å². The van der Waals surface area contributed by atoms with Crippen molar-refractivity contribution in [2.45, 2.75) is 26.4 Å². The molecule has 0 bridgehead atoms. The molecule has 0 unspecified atom stereocenters. The van der Waals surface area contributed by atoms with Gasteiger partial charge in [0.25, 0.3) is 0 Å². The lowest BCUT2D eigenvalue weighted by Gasteiger charge is -2.19. The van der Waals surface area contributed by atoms with Gasteiger partial charge in [-0.3, -0.25) is 0 Å². The van der Waals surface area contributed by atoms with Crippen LogP contribution in [0.25, 0.3) is 0 Å². The number of rotatable bonds is 4. The molecular formula is C10H15NO2S. The molecule has 0 radical (unpaired) electrons. The van der Waals surface area contributed by atoms with Gasteiger partial charge in [-0.05, 0) is 19.4 Å². The van der Waals surface area contributed by atoms with E-state index in [-0.39, 0.29) is 6.04 Å². The minimum atomic E-state index is -2.49. The first-order valence-corrected chi connectivity index (χ1v) is 5.69. The molecule has 0 spiro atoms. The minimum absolute atomic E-state index is 0.0105. The van der Waals surface area contributed by atoms with Crippen molar-refractivity contribution in [1.82, 2.24) is 4.31 Å². The van der Waals surface area contributed by atoms with E-state index in [1.54, 1.807) is 0 Å². The number of hydrogen-bond acceptors (Lipinski definition) is 2. The fraction of sp³-hybridized carbons (Fsp3) is 0.400. The summed E-state index contributed by atoms with van der Waals surface area (Å²) in [5.74, 6) is 0. The van der Waals surface area contributed by atoms with Crippen molar-refractivity contribution in [3.63, 3.8) is 0 Å². The SMILES string of the molecule is CC(C)N(Cc1ccccc1)[SH](=O)=O. The lowest BCUT2D eigenvalue weighted by molar-refractivity contribution is 0.360. The second-order valence-electron chi connectivity index (χ2n) is 3.41. The normalized spacial score (nSPS) is 11.5. The average molecular weight is 213 g/mol. The Morgan fingerprint density at radius 3 is 2.21 bits per heavy atom. The average Bonchev–Trinajstić information content (AvgIpc) is 2.15. The number of thiol groups is 1. The molecule has 0 atom stereocenters. The summed E-state index contributed by atoms with van der Waals surface area (Å²) in [6, 6.07) is 9.59. The zero-order chi connectivity index (χ0) is 10.6. The fourth-order valence-electron chi connectivity index (χ4n) is 1.20. The molecular weight excluding hydrogens is 198 g/mol. The lowest BCUT2D eigenvalue weighted by Crippen LogP contribution is -2.28. The van der Waals surface area contributed by atoms with E-state index in [1.807, 2.05) is 44.2 Å². The van der Waals surface area contributed by atoms with Gasteiger partial charge in [0.2, 0.25) is 10.9 Å². The maximum Gasteiger partial charge on any atom is 0.204 e. The van der Waals surface area contributed by atoms with Crippen LogP contribution in [0.1, 0.15) is 19.4 Å². The Bertz CT molecular complexity index is 338. The minimum Gasteiger partial charge on any atom is -0.215 e. The summed E-state index contributed by atoms with van der Waals surface area (Å²) in [6.07, 6.45) is 0. The lowest BCUT2D eigenvalue weighted by atomic mass is 10.2. The van der Waals surface area contributed by atoms with E-state index in [2.05, 4.69) is 0 Å². The van der Waals surface area contributed by atoms with Crippen LogP contribution in [-0.2, 0) is 17.4 Å². The van der Waals surface area contributed by atoms with Crippen LogP contribution >= 0.6 is 0 Å². The fourth-order valence-corrected chi connectivity index (χ4v) is 1.86. The molecule has 3 nitrogen and oxygen atoms in total. The van der Waals surface area contributed by atoms with E-state index in [1.165, 1.54) is 4.31 Å². The summed E-state index contributed by atoms with van der Waals surface area (Å²) < 4.78 is 23.3. The maximum atomic E-state index is 10.9. The second kappa shape index (κ2) is 5.12. The van der Waals surface area contributed by atoms with Crippen LogP contribution in [0, 0.1) is 0 Å². The molecule has 0 fully saturated rings. The predicted octanol–water partition coefficient (Wildman–Crippen LogP) is 1.42. The van der Waals surface area contributed by atoms with Gasteiger partial charge >= 0.3 is 0 Å². The highest BCUT2D eigenvalue weighted by Gasteiger charge is 2.11. The molecule has 14 heavy (non-hydrogen) atoms. The van der Waals surface area contributed by atoms with Crippen LogP contribution in [0.4, 0.5) is 0 Å². The molecule has 4 heteroatoms. The summed E-state index contributed by atoms with van der Waals surface area (Å²) in [5, 5.41) is 0. The van der Waals surface area contributed by atoms with Gasteiger partial charge in [-0.2, -0.15) is 4.31 Å². The molecule has 1 aromatic carbocycles. The highest BCUT2D eigenvalue weighted by atomic mass is 32.2. The molecule has 0 N–H and O–H groups in total. The van der Waals surface area contributed by atoms with Crippen molar-refractivity contribution in [3.05, 3.63) is 35.9 Å². The van der Waals surface area contributed by atoms with Crippen molar-refractivity contribution < 1.29 is 8.42 Å². The smallest absolute Gasteiger partial charge is 0.204 e. The largest absolute Gasteiger partial charge is 0.215 e. The van der Waals surface area contributed by atoms with E-state index in [0.29, 0.717) is 6.54 Å². The highest BCUT2D eigenvalue weighted by Crippen LogP contribution is 2.07. The number of hydrogen-bond donors (Lipinski definition) is 1. The van der Waals surface area contributed by atoms with Crippen molar-refractivity contribution in [3.8, 4) is 0 Å². The molecule has 0 heterocycles. The highest BCUT2D eigenvalue weighted by molar-refractivity contribution is 7.69. The second-order valence-corrected chi connectivity index (χ2v) is 4.40. The van der Waals surface area contributed by atoms with Gasteiger partial charge in [0.1, 0.15) is 0 Å². The standard InChI is InChI=1S/C10H15NO2S/c1-9(2)11(14(12)13)8-10-6-4-3-5-7-10/h3-7,9,14H,8H2,1-2H3. The Morgan fingerprint density at radius 1 is 1.21 bits per heavy atom. The summed E-state index contributed by atoms with van der Waals surface area (Å²) in [4.78, 5) is 0. The van der Waals surface area contributed by atoms with Crippen LogP contribution in [0.3, 0.4) is 0 Å². The maximum absolute atomic E-state index is 10.9. The first-order valence-electron chi connectivity index (χ1n) is 4.56. The summed E-state index contributed by atoms with van der Waals surface area (Å²) >= 11 is 0. The molecule has 0 aliphatic carbocycles. The van der Waals surface area contributed by atoms with Gasteiger partial charge in [0, 0.05) is 12.6 Å². The van der Waals surface area contributed by atoms with Crippen LogP contribution in [0.5, 0.6) is 0 Å². The Kier molecular flexibility index (Phi) is 4.10. The van der Waals surface area contributed by atoms with E-state index in [9.17, 15) is 8.42 Å². The third-order valence-corrected chi connectivity index (χ3v) is 3.02. The predicted molar refractivity (Wildman–Crippen MR) is 57.4 cm³/mol. The molecule has 0 saturated heterocycles. The Hall–Kier alpha value is -0.870. The molecule has 0 aliphatic rings. The number of benzene rings is 1. The van der Waals surface area contributed by atoms with Crippen LogP contribution < -0.4 is 0 Å².